The highest BCUT2D eigenvalue weighted by Crippen LogP contribution is 2.18. The first-order chi connectivity index (χ1) is 7.84. The molecule has 1 amide bonds. The molecule has 0 aliphatic carbocycles. The van der Waals surface area contributed by atoms with Gasteiger partial charge in [0.1, 0.15) is 6.04 Å². The molecular weight excluding hydrogens is 240 g/mol. The topological polar surface area (TPSA) is 92.4 Å². The molecule has 17 heavy (non-hydrogen) atoms. The third kappa shape index (κ3) is 3.54. The Morgan fingerprint density at radius 1 is 1.59 bits per heavy atom. The molecule has 0 aliphatic rings. The number of aliphatic carboxylic acids is 1. The number of thiophene rings is 1. The minimum atomic E-state index is -0.995. The lowest BCUT2D eigenvalue weighted by atomic mass is 9.94. The molecule has 0 bridgehead atoms. The second kappa shape index (κ2) is 5.29. The molecule has 5 nitrogen and oxygen atoms in total. The van der Waals surface area contributed by atoms with E-state index in [2.05, 4.69) is 5.32 Å². The van der Waals surface area contributed by atoms with E-state index in [1.807, 2.05) is 11.4 Å². The number of carbonyl (C=O) groups is 2. The van der Waals surface area contributed by atoms with Crippen LogP contribution in [0.25, 0.3) is 0 Å². The van der Waals surface area contributed by atoms with Crippen LogP contribution in [0.5, 0.6) is 0 Å². The normalized spacial score (nSPS) is 13.1. The van der Waals surface area contributed by atoms with Gasteiger partial charge in [0.25, 0.3) is 0 Å². The van der Waals surface area contributed by atoms with Crippen molar-refractivity contribution in [1.82, 2.24) is 5.32 Å². The highest BCUT2D eigenvalue weighted by Gasteiger charge is 2.28. The molecule has 0 spiro atoms. The van der Waals surface area contributed by atoms with Gasteiger partial charge in [-0.3, -0.25) is 9.59 Å². The Labute approximate surface area is 104 Å². The maximum Gasteiger partial charge on any atom is 0.310 e. The minimum Gasteiger partial charge on any atom is -0.481 e. The smallest absolute Gasteiger partial charge is 0.310 e. The first-order valence-electron chi connectivity index (χ1n) is 5.14. The van der Waals surface area contributed by atoms with Crippen molar-refractivity contribution in [1.29, 1.82) is 0 Å². The van der Waals surface area contributed by atoms with E-state index in [1.165, 1.54) is 11.3 Å². The molecule has 0 aromatic carbocycles. The van der Waals surface area contributed by atoms with Crippen molar-refractivity contribution in [3.8, 4) is 0 Å². The van der Waals surface area contributed by atoms with Crippen molar-refractivity contribution < 1.29 is 14.7 Å². The lowest BCUT2D eigenvalue weighted by Crippen LogP contribution is -2.42. The predicted octanol–water partition coefficient (Wildman–Crippen LogP) is 0.975. The molecule has 0 aliphatic heterocycles. The SMILES string of the molecule is CC(C)(CNC(=O)C(N)c1cccs1)C(=O)O. The van der Waals surface area contributed by atoms with Gasteiger partial charge in [0.05, 0.1) is 5.41 Å². The van der Waals surface area contributed by atoms with Crippen LogP contribution in [0.4, 0.5) is 0 Å². The fraction of sp³-hybridized carbons (Fsp3) is 0.455. The van der Waals surface area contributed by atoms with Crippen LogP contribution in [-0.2, 0) is 9.59 Å². The van der Waals surface area contributed by atoms with Crippen molar-refractivity contribution in [2.24, 2.45) is 11.1 Å². The second-order valence-corrected chi connectivity index (χ2v) is 5.38. The molecule has 0 saturated carbocycles. The van der Waals surface area contributed by atoms with Crippen molar-refractivity contribution in [2.75, 3.05) is 6.54 Å². The Morgan fingerprint density at radius 2 is 2.24 bits per heavy atom. The van der Waals surface area contributed by atoms with Crippen LogP contribution in [0.15, 0.2) is 17.5 Å². The van der Waals surface area contributed by atoms with Gasteiger partial charge in [0.2, 0.25) is 5.91 Å². The average Bonchev–Trinajstić information content (AvgIpc) is 2.78. The summed E-state index contributed by atoms with van der Waals surface area (Å²) in [6.45, 7) is 3.15. The van der Waals surface area contributed by atoms with Crippen LogP contribution in [-0.4, -0.2) is 23.5 Å². The second-order valence-electron chi connectivity index (χ2n) is 4.40. The fourth-order valence-corrected chi connectivity index (χ4v) is 1.82. The maximum atomic E-state index is 11.7. The van der Waals surface area contributed by atoms with E-state index in [0.29, 0.717) is 0 Å². The third-order valence-electron chi connectivity index (χ3n) is 2.42. The molecule has 0 radical (unpaired) electrons. The number of hydrogen-bond acceptors (Lipinski definition) is 4. The monoisotopic (exact) mass is 256 g/mol. The van der Waals surface area contributed by atoms with E-state index >= 15 is 0 Å². The van der Waals surface area contributed by atoms with Crippen LogP contribution < -0.4 is 11.1 Å². The summed E-state index contributed by atoms with van der Waals surface area (Å²) in [6.07, 6.45) is 0. The average molecular weight is 256 g/mol. The number of nitrogens with two attached hydrogens (primary N) is 1. The minimum absolute atomic E-state index is 0.0558. The number of carboxylic acid groups (broad SMARTS) is 1. The number of carbonyl (C=O) groups excluding carboxylic acids is 1. The maximum absolute atomic E-state index is 11.7. The zero-order chi connectivity index (χ0) is 13.1. The fourth-order valence-electron chi connectivity index (χ4n) is 1.09. The predicted molar refractivity (Wildman–Crippen MR) is 65.7 cm³/mol. The summed E-state index contributed by atoms with van der Waals surface area (Å²) in [6, 6.07) is 2.85. The molecule has 1 unspecified atom stereocenters. The summed E-state index contributed by atoms with van der Waals surface area (Å²) in [5.41, 5.74) is 4.74. The first-order valence-corrected chi connectivity index (χ1v) is 6.02. The number of amides is 1. The van der Waals surface area contributed by atoms with Gasteiger partial charge in [-0.1, -0.05) is 6.07 Å². The van der Waals surface area contributed by atoms with E-state index in [0.717, 1.165) is 4.88 Å². The van der Waals surface area contributed by atoms with Crippen molar-refractivity contribution >= 4 is 23.2 Å². The Balaban J connectivity index is 2.54. The summed E-state index contributed by atoms with van der Waals surface area (Å²) >= 11 is 1.40. The van der Waals surface area contributed by atoms with Crippen molar-refractivity contribution in [3.05, 3.63) is 22.4 Å². The summed E-state index contributed by atoms with van der Waals surface area (Å²) in [4.78, 5) is 23.3. The van der Waals surface area contributed by atoms with Crippen LogP contribution >= 0.6 is 11.3 Å². The molecule has 1 atom stereocenters. The zero-order valence-electron chi connectivity index (χ0n) is 9.77. The van der Waals surface area contributed by atoms with Gasteiger partial charge in [-0.05, 0) is 25.3 Å². The highest BCUT2D eigenvalue weighted by atomic mass is 32.1. The van der Waals surface area contributed by atoms with Gasteiger partial charge >= 0.3 is 5.97 Å². The summed E-state index contributed by atoms with van der Waals surface area (Å²) in [7, 11) is 0. The Kier molecular flexibility index (Phi) is 4.25. The molecule has 0 fully saturated rings. The molecule has 1 rings (SSSR count). The lowest BCUT2D eigenvalue weighted by molar-refractivity contribution is -0.146. The van der Waals surface area contributed by atoms with E-state index in [9.17, 15) is 9.59 Å². The van der Waals surface area contributed by atoms with Crippen molar-refractivity contribution in [2.45, 2.75) is 19.9 Å². The third-order valence-corrected chi connectivity index (χ3v) is 3.37. The Morgan fingerprint density at radius 3 is 2.71 bits per heavy atom. The van der Waals surface area contributed by atoms with Crippen molar-refractivity contribution in [3.63, 3.8) is 0 Å². The summed E-state index contributed by atoms with van der Waals surface area (Å²) < 4.78 is 0. The molecule has 6 heteroatoms. The lowest BCUT2D eigenvalue weighted by Gasteiger charge is -2.20. The van der Waals surface area contributed by atoms with Gasteiger partial charge in [0, 0.05) is 11.4 Å². The Hall–Kier alpha value is -1.40. The van der Waals surface area contributed by atoms with Crippen LogP contribution in [0, 0.1) is 5.41 Å². The van der Waals surface area contributed by atoms with E-state index in [4.69, 9.17) is 10.8 Å². The summed E-state index contributed by atoms with van der Waals surface area (Å²) in [5.74, 6) is -1.32. The Bertz CT molecular complexity index is 401. The molecule has 4 N–H and O–H groups in total. The van der Waals surface area contributed by atoms with Gasteiger partial charge < -0.3 is 16.2 Å². The van der Waals surface area contributed by atoms with Gasteiger partial charge in [-0.2, -0.15) is 0 Å². The molecule has 1 heterocycles. The summed E-state index contributed by atoms with van der Waals surface area (Å²) in [5, 5.41) is 13.3. The molecular formula is C11H16N2O3S. The van der Waals surface area contributed by atoms with E-state index < -0.39 is 17.4 Å². The molecule has 94 valence electrons. The largest absolute Gasteiger partial charge is 0.481 e. The number of nitrogens with one attached hydrogen (secondary N) is 1. The first kappa shape index (κ1) is 13.7. The van der Waals surface area contributed by atoms with Gasteiger partial charge in [-0.25, -0.2) is 0 Å². The van der Waals surface area contributed by atoms with E-state index in [1.54, 1.807) is 19.9 Å². The number of rotatable bonds is 5. The number of carboxylic acids is 1. The van der Waals surface area contributed by atoms with E-state index in [-0.39, 0.29) is 12.5 Å². The van der Waals surface area contributed by atoms with Crippen LogP contribution in [0.1, 0.15) is 24.8 Å². The van der Waals surface area contributed by atoms with Crippen LogP contribution in [0.3, 0.4) is 0 Å². The number of hydrogen-bond donors (Lipinski definition) is 3. The van der Waals surface area contributed by atoms with Gasteiger partial charge in [0.15, 0.2) is 0 Å². The quantitative estimate of drug-likeness (QED) is 0.732. The molecule has 1 aromatic rings. The van der Waals surface area contributed by atoms with Crippen LogP contribution in [0.2, 0.25) is 0 Å². The highest BCUT2D eigenvalue weighted by molar-refractivity contribution is 7.10. The van der Waals surface area contributed by atoms with Gasteiger partial charge in [-0.15, -0.1) is 11.3 Å². The standard InChI is InChI=1S/C11H16N2O3S/c1-11(2,10(15)16)6-13-9(14)8(12)7-4-3-5-17-7/h3-5,8H,6,12H2,1-2H3,(H,13,14)(H,15,16). The molecule has 1 aromatic heterocycles. The molecule has 0 saturated heterocycles. The zero-order valence-corrected chi connectivity index (χ0v) is 10.6.